The SMILES string of the molecule is CC(C)(C)OC(=O)N1Cc2ccccc2C[C@H]1[C@@H](CN1CCOc2cc(Br)ccc2C1=C=O)O[Si](C)(C)C(C)(C)C. The molecule has 41 heavy (non-hydrogen) atoms. The van der Waals surface area contributed by atoms with Crippen LogP contribution in [0, 0.1) is 0 Å². The topological polar surface area (TPSA) is 68.3 Å². The van der Waals surface area contributed by atoms with Crippen molar-refractivity contribution < 1.29 is 23.5 Å². The second-order valence-electron chi connectivity index (χ2n) is 13.5. The number of amides is 1. The van der Waals surface area contributed by atoms with Crippen molar-refractivity contribution >= 4 is 42.0 Å². The van der Waals surface area contributed by atoms with E-state index < -0.39 is 20.0 Å². The van der Waals surface area contributed by atoms with Gasteiger partial charge in [0, 0.05) is 17.6 Å². The van der Waals surface area contributed by atoms with Gasteiger partial charge >= 0.3 is 6.09 Å². The van der Waals surface area contributed by atoms with Crippen LogP contribution in [-0.4, -0.2) is 67.6 Å². The zero-order valence-corrected chi connectivity index (χ0v) is 28.1. The first kappa shape index (κ1) is 31.4. The van der Waals surface area contributed by atoms with Crippen molar-refractivity contribution in [3.05, 3.63) is 63.6 Å². The van der Waals surface area contributed by atoms with Gasteiger partial charge in [-0.1, -0.05) is 61.0 Å². The molecule has 0 aliphatic carbocycles. The number of hydrogen-bond donors (Lipinski definition) is 0. The number of hydrogen-bond acceptors (Lipinski definition) is 6. The molecule has 2 aliphatic heterocycles. The van der Waals surface area contributed by atoms with E-state index in [0.29, 0.717) is 49.7 Å². The standard InChI is InChI=1S/C32H43BrN2O5Si/c1-31(2,3)39-30(37)35-19-23-12-10-9-11-22(23)17-26(35)29(40-41(7,8)32(4,5)6)20-34-15-16-38-28-18-24(33)13-14-25(28)27(34)21-36/h9-14,18,26,29H,15-17,19-20H2,1-8H3/t26-,29+/m0/s1. The molecule has 1 amide bonds. The number of ether oxygens (including phenoxy) is 2. The second kappa shape index (κ2) is 12.0. The van der Waals surface area contributed by atoms with Crippen LogP contribution in [0.3, 0.4) is 0 Å². The van der Waals surface area contributed by atoms with E-state index in [2.05, 4.69) is 67.9 Å². The van der Waals surface area contributed by atoms with Gasteiger partial charge in [0.25, 0.3) is 0 Å². The zero-order chi connectivity index (χ0) is 30.2. The molecule has 2 aromatic carbocycles. The van der Waals surface area contributed by atoms with E-state index in [1.54, 1.807) is 0 Å². The average Bonchev–Trinajstić information content (AvgIpc) is 3.03. The van der Waals surface area contributed by atoms with E-state index in [1.165, 1.54) is 5.56 Å². The van der Waals surface area contributed by atoms with Gasteiger partial charge in [-0.25, -0.2) is 9.59 Å². The van der Waals surface area contributed by atoms with Crippen molar-refractivity contribution in [1.82, 2.24) is 9.80 Å². The summed E-state index contributed by atoms with van der Waals surface area (Å²) in [5, 5.41) is -0.0569. The number of rotatable bonds is 5. The molecule has 0 spiro atoms. The molecule has 0 bridgehead atoms. The first-order valence-electron chi connectivity index (χ1n) is 14.3. The molecule has 0 radical (unpaired) electrons. The highest BCUT2D eigenvalue weighted by atomic mass is 79.9. The number of nitrogens with zero attached hydrogens (tertiary/aromatic N) is 2. The van der Waals surface area contributed by atoms with Crippen LogP contribution in [0.4, 0.5) is 4.79 Å². The Kier molecular flexibility index (Phi) is 9.15. The normalized spacial score (nSPS) is 18.5. The largest absolute Gasteiger partial charge is 0.491 e. The molecule has 4 rings (SSSR count). The second-order valence-corrected chi connectivity index (χ2v) is 19.1. The van der Waals surface area contributed by atoms with E-state index in [0.717, 1.165) is 10.0 Å². The van der Waals surface area contributed by atoms with Gasteiger partial charge in [-0.15, -0.1) is 0 Å². The van der Waals surface area contributed by atoms with Crippen LogP contribution in [-0.2, 0) is 26.9 Å². The highest BCUT2D eigenvalue weighted by Gasteiger charge is 2.45. The predicted octanol–water partition coefficient (Wildman–Crippen LogP) is 7.07. The van der Waals surface area contributed by atoms with Gasteiger partial charge in [-0.05, 0) is 74.7 Å². The molecule has 0 unspecified atom stereocenters. The van der Waals surface area contributed by atoms with Gasteiger partial charge < -0.3 is 18.8 Å². The first-order valence-corrected chi connectivity index (χ1v) is 18.0. The van der Waals surface area contributed by atoms with Gasteiger partial charge in [-0.2, -0.15) is 0 Å². The smallest absolute Gasteiger partial charge is 0.410 e. The number of carbonyl (C=O) groups excluding carboxylic acids is 2. The van der Waals surface area contributed by atoms with Crippen molar-refractivity contribution in [2.24, 2.45) is 0 Å². The fraction of sp³-hybridized carbons (Fsp3) is 0.531. The summed E-state index contributed by atoms with van der Waals surface area (Å²) in [7, 11) is -2.31. The lowest BCUT2D eigenvalue weighted by atomic mass is 9.91. The summed E-state index contributed by atoms with van der Waals surface area (Å²) >= 11 is 3.50. The van der Waals surface area contributed by atoms with Crippen LogP contribution in [0.5, 0.6) is 5.75 Å². The quantitative estimate of drug-likeness (QED) is 0.257. The van der Waals surface area contributed by atoms with Crippen LogP contribution >= 0.6 is 15.9 Å². The Morgan fingerprint density at radius 1 is 1.12 bits per heavy atom. The summed E-state index contributed by atoms with van der Waals surface area (Å²) in [5.41, 5.74) is 2.80. The molecule has 0 saturated carbocycles. The average molecular weight is 644 g/mol. The molecule has 0 saturated heterocycles. The molecular formula is C32H43BrN2O5Si. The van der Waals surface area contributed by atoms with Gasteiger partial charge in [0.05, 0.1) is 24.3 Å². The Bertz CT molecular complexity index is 1330. The van der Waals surface area contributed by atoms with E-state index >= 15 is 0 Å². The Labute approximate surface area is 254 Å². The third-order valence-electron chi connectivity index (χ3n) is 8.23. The molecule has 7 nitrogen and oxygen atoms in total. The minimum Gasteiger partial charge on any atom is -0.491 e. The molecule has 0 fully saturated rings. The number of carbonyl (C=O) groups is 1. The lowest BCUT2D eigenvalue weighted by molar-refractivity contribution is -0.0132. The van der Waals surface area contributed by atoms with E-state index in [-0.39, 0.29) is 17.2 Å². The fourth-order valence-electron chi connectivity index (χ4n) is 5.07. The number of halogens is 1. The number of fused-ring (bicyclic) bond motifs is 2. The third kappa shape index (κ3) is 7.26. The maximum Gasteiger partial charge on any atom is 0.410 e. The molecule has 2 atom stereocenters. The lowest BCUT2D eigenvalue weighted by Gasteiger charge is -2.47. The van der Waals surface area contributed by atoms with Crippen LogP contribution in [0.15, 0.2) is 46.9 Å². The summed E-state index contributed by atoms with van der Waals surface area (Å²) in [6.07, 6.45) is -0.124. The van der Waals surface area contributed by atoms with Crippen molar-refractivity contribution in [3.63, 3.8) is 0 Å². The maximum atomic E-state index is 13.7. The molecule has 9 heteroatoms. The fourth-order valence-corrected chi connectivity index (χ4v) is 6.75. The van der Waals surface area contributed by atoms with Crippen LogP contribution in [0.2, 0.25) is 18.1 Å². The summed E-state index contributed by atoms with van der Waals surface area (Å²) in [6, 6.07) is 13.6. The monoisotopic (exact) mass is 642 g/mol. The molecule has 0 aromatic heterocycles. The van der Waals surface area contributed by atoms with E-state index in [4.69, 9.17) is 13.9 Å². The van der Waals surface area contributed by atoms with Crippen LogP contribution < -0.4 is 4.74 Å². The highest BCUT2D eigenvalue weighted by Crippen LogP contribution is 2.40. The molecule has 2 aromatic rings. The summed E-state index contributed by atoms with van der Waals surface area (Å²) < 4.78 is 20.0. The molecule has 2 heterocycles. The number of benzene rings is 2. The van der Waals surface area contributed by atoms with Gasteiger partial charge in [0.15, 0.2) is 14.3 Å². The Hall–Kier alpha value is -2.58. The minimum absolute atomic E-state index is 0.0569. The summed E-state index contributed by atoms with van der Waals surface area (Å²) in [6.45, 7) is 18.5. The van der Waals surface area contributed by atoms with Gasteiger partial charge in [0.1, 0.15) is 23.7 Å². The summed E-state index contributed by atoms with van der Waals surface area (Å²) in [5.74, 6) is 2.84. The lowest BCUT2D eigenvalue weighted by Crippen LogP contribution is -2.58. The van der Waals surface area contributed by atoms with E-state index in [9.17, 15) is 9.59 Å². The third-order valence-corrected chi connectivity index (χ3v) is 13.2. The first-order chi connectivity index (χ1) is 19.1. The van der Waals surface area contributed by atoms with Gasteiger partial charge in [0.2, 0.25) is 0 Å². The van der Waals surface area contributed by atoms with Crippen LogP contribution in [0.25, 0.3) is 5.70 Å². The van der Waals surface area contributed by atoms with Gasteiger partial charge in [-0.3, -0.25) is 4.90 Å². The Morgan fingerprint density at radius 3 is 2.44 bits per heavy atom. The molecule has 0 N–H and O–H groups in total. The van der Waals surface area contributed by atoms with Crippen molar-refractivity contribution in [1.29, 1.82) is 0 Å². The van der Waals surface area contributed by atoms with Crippen molar-refractivity contribution in [3.8, 4) is 5.75 Å². The summed E-state index contributed by atoms with van der Waals surface area (Å²) in [4.78, 5) is 30.0. The van der Waals surface area contributed by atoms with Crippen LogP contribution in [0.1, 0.15) is 58.2 Å². The molecule has 222 valence electrons. The minimum atomic E-state index is -2.31. The molecule has 2 aliphatic rings. The highest BCUT2D eigenvalue weighted by molar-refractivity contribution is 9.10. The predicted molar refractivity (Wildman–Crippen MR) is 168 cm³/mol. The maximum absolute atomic E-state index is 13.7. The van der Waals surface area contributed by atoms with Crippen molar-refractivity contribution in [2.45, 2.75) is 90.4 Å². The zero-order valence-electron chi connectivity index (χ0n) is 25.5. The van der Waals surface area contributed by atoms with E-state index in [1.807, 2.05) is 60.9 Å². The Balaban J connectivity index is 1.77. The Morgan fingerprint density at radius 2 is 1.80 bits per heavy atom. The van der Waals surface area contributed by atoms with Crippen molar-refractivity contribution in [2.75, 3.05) is 19.7 Å². The molecular weight excluding hydrogens is 600 g/mol.